The Hall–Kier alpha value is 0.137. The highest BCUT2D eigenvalue weighted by Gasteiger charge is 2.38. The molecule has 0 radical (unpaired) electrons. The molecule has 0 saturated heterocycles. The fourth-order valence-electron chi connectivity index (χ4n) is 0.639. The molecule has 0 aromatic rings. The average Bonchev–Trinajstić information content (AvgIpc) is 1.84. The third kappa shape index (κ3) is 3.25. The first-order chi connectivity index (χ1) is 5.20. The second-order valence-electron chi connectivity index (χ2n) is 4.82. The maximum absolute atomic E-state index is 5.87. The van der Waals surface area contributed by atoms with E-state index >= 15 is 0 Å². The molecule has 0 aromatic carbocycles. The lowest BCUT2D eigenvalue weighted by molar-refractivity contribution is 0.183. The van der Waals surface area contributed by atoms with Crippen molar-refractivity contribution < 1.29 is 4.43 Å². The van der Waals surface area contributed by atoms with Crippen LogP contribution in [-0.4, -0.2) is 14.5 Å². The molecule has 0 amide bonds. The van der Waals surface area contributed by atoms with Crippen LogP contribution in [0.25, 0.3) is 0 Å². The average molecular weight is 189 g/mol. The van der Waals surface area contributed by atoms with Crippen molar-refractivity contribution in [1.29, 1.82) is 0 Å². The minimum atomic E-state index is -1.61. The summed E-state index contributed by atoms with van der Waals surface area (Å²) in [6.45, 7) is 13.2. The second kappa shape index (κ2) is 3.90. The van der Waals surface area contributed by atoms with Gasteiger partial charge in [-0.25, -0.2) is 0 Å². The number of hydrogen-bond acceptors (Lipinski definition) is 2. The lowest BCUT2D eigenvalue weighted by atomic mass is 10.2. The summed E-state index contributed by atoms with van der Waals surface area (Å²) in [5.41, 5.74) is 5.77. The van der Waals surface area contributed by atoms with Gasteiger partial charge in [-0.05, 0) is 24.6 Å². The fourth-order valence-corrected chi connectivity index (χ4v) is 1.92. The summed E-state index contributed by atoms with van der Waals surface area (Å²) in [5, 5.41) is 0.264. The topological polar surface area (TPSA) is 35.2 Å². The lowest BCUT2D eigenvalue weighted by Gasteiger charge is -2.38. The third-order valence-electron chi connectivity index (χ3n) is 2.65. The smallest absolute Gasteiger partial charge is 0.194 e. The molecule has 0 unspecified atom stereocenters. The zero-order valence-corrected chi connectivity index (χ0v) is 10.3. The highest BCUT2D eigenvalue weighted by atomic mass is 28.4. The molecule has 0 saturated carbocycles. The molecule has 1 atom stereocenters. The van der Waals surface area contributed by atoms with Crippen molar-refractivity contribution in [3.8, 4) is 0 Å². The van der Waals surface area contributed by atoms with E-state index in [9.17, 15) is 0 Å². The van der Waals surface area contributed by atoms with E-state index in [4.69, 9.17) is 10.2 Å². The minimum Gasteiger partial charge on any atom is -0.402 e. The molecule has 3 heteroatoms. The first kappa shape index (κ1) is 12.1. The van der Waals surface area contributed by atoms with Crippen molar-refractivity contribution in [3.63, 3.8) is 0 Å². The molecule has 0 bridgehead atoms. The summed E-state index contributed by atoms with van der Waals surface area (Å²) in [4.78, 5) is 0. The second-order valence-corrected chi connectivity index (χ2v) is 9.58. The minimum absolute atomic E-state index is 0.0779. The van der Waals surface area contributed by atoms with Crippen LogP contribution in [0.3, 0.4) is 0 Å². The zero-order chi connectivity index (χ0) is 9.99. The Bertz CT molecular complexity index is 140. The molecule has 0 aliphatic rings. The van der Waals surface area contributed by atoms with Crippen molar-refractivity contribution in [2.45, 2.75) is 58.5 Å². The Morgan fingerprint density at radius 2 is 1.75 bits per heavy atom. The van der Waals surface area contributed by atoms with Crippen molar-refractivity contribution in [3.05, 3.63) is 0 Å². The van der Waals surface area contributed by atoms with Crippen LogP contribution in [0.5, 0.6) is 0 Å². The Balaban J connectivity index is 4.22. The van der Waals surface area contributed by atoms with Crippen molar-refractivity contribution >= 4 is 8.32 Å². The molecule has 12 heavy (non-hydrogen) atoms. The molecule has 0 aliphatic carbocycles. The van der Waals surface area contributed by atoms with Crippen LogP contribution in [0, 0.1) is 0 Å². The summed E-state index contributed by atoms with van der Waals surface area (Å²) >= 11 is 0. The van der Waals surface area contributed by atoms with E-state index in [2.05, 4.69) is 40.8 Å². The van der Waals surface area contributed by atoms with Crippen LogP contribution in [0.1, 0.15) is 34.1 Å². The molecular weight excluding hydrogens is 166 g/mol. The third-order valence-corrected chi connectivity index (χ3v) is 7.16. The summed E-state index contributed by atoms with van der Waals surface area (Å²) in [5.74, 6) is 0. The Morgan fingerprint density at radius 3 is 2.00 bits per heavy atom. The van der Waals surface area contributed by atoms with Crippen LogP contribution in [0.2, 0.25) is 18.1 Å². The number of rotatable bonds is 3. The van der Waals surface area contributed by atoms with Crippen molar-refractivity contribution in [1.82, 2.24) is 0 Å². The highest BCUT2D eigenvalue weighted by Crippen LogP contribution is 2.36. The molecule has 0 spiro atoms. The van der Waals surface area contributed by atoms with E-state index in [0.29, 0.717) is 0 Å². The van der Waals surface area contributed by atoms with Gasteiger partial charge < -0.3 is 10.2 Å². The summed E-state index contributed by atoms with van der Waals surface area (Å²) in [6, 6.07) is 0. The van der Waals surface area contributed by atoms with Gasteiger partial charge in [-0.2, -0.15) is 0 Å². The van der Waals surface area contributed by atoms with Crippen molar-refractivity contribution in [2.24, 2.45) is 5.73 Å². The maximum atomic E-state index is 5.87. The normalized spacial score (nSPS) is 16.2. The van der Waals surface area contributed by atoms with Gasteiger partial charge >= 0.3 is 0 Å². The van der Waals surface area contributed by atoms with Crippen LogP contribution in [0.15, 0.2) is 0 Å². The van der Waals surface area contributed by atoms with Gasteiger partial charge in [0.1, 0.15) is 0 Å². The summed E-state index contributed by atoms with van der Waals surface area (Å²) < 4.78 is 5.87. The fraction of sp³-hybridized carbons (Fsp3) is 1.00. The van der Waals surface area contributed by atoms with Crippen molar-refractivity contribution in [2.75, 3.05) is 0 Å². The van der Waals surface area contributed by atoms with Gasteiger partial charge in [-0.1, -0.05) is 27.7 Å². The summed E-state index contributed by atoms with van der Waals surface area (Å²) in [7, 11) is -1.61. The molecule has 0 fully saturated rings. The van der Waals surface area contributed by atoms with E-state index in [1.807, 2.05) is 0 Å². The van der Waals surface area contributed by atoms with E-state index in [0.717, 1.165) is 6.42 Å². The molecule has 0 aliphatic heterocycles. The monoisotopic (exact) mass is 189 g/mol. The molecule has 74 valence electrons. The van der Waals surface area contributed by atoms with Gasteiger partial charge in [-0.15, -0.1) is 0 Å². The number of nitrogens with two attached hydrogens (primary N) is 1. The van der Waals surface area contributed by atoms with Crippen LogP contribution >= 0.6 is 0 Å². The Morgan fingerprint density at radius 1 is 1.33 bits per heavy atom. The molecule has 2 nitrogen and oxygen atoms in total. The van der Waals surface area contributed by atoms with Gasteiger partial charge in [0, 0.05) is 0 Å². The van der Waals surface area contributed by atoms with Gasteiger partial charge in [0.25, 0.3) is 0 Å². The Labute approximate surface area is 77.6 Å². The van der Waals surface area contributed by atoms with Crippen LogP contribution in [-0.2, 0) is 4.43 Å². The lowest BCUT2D eigenvalue weighted by Crippen LogP contribution is -2.46. The van der Waals surface area contributed by atoms with E-state index in [1.165, 1.54) is 0 Å². The largest absolute Gasteiger partial charge is 0.402 e. The summed E-state index contributed by atoms with van der Waals surface area (Å²) in [6.07, 6.45) is 0.817. The van der Waals surface area contributed by atoms with E-state index in [-0.39, 0.29) is 11.3 Å². The SMILES string of the molecule is CC[C@@H](N)O[Si](C)(C)C(C)(C)C. The quantitative estimate of drug-likeness (QED) is 0.547. The van der Waals surface area contributed by atoms with Crippen LogP contribution < -0.4 is 5.73 Å². The molecule has 2 N–H and O–H groups in total. The van der Waals surface area contributed by atoms with Gasteiger partial charge in [-0.3, -0.25) is 0 Å². The van der Waals surface area contributed by atoms with E-state index < -0.39 is 8.32 Å². The van der Waals surface area contributed by atoms with Gasteiger partial charge in [0.15, 0.2) is 8.32 Å². The molecular formula is C9H23NOSi. The standard InChI is InChI=1S/C9H23NOSi/c1-7-8(10)11-12(5,6)9(2,3)4/h8H,7,10H2,1-6H3/t8-/m0/s1. The first-order valence-electron chi connectivity index (χ1n) is 4.64. The predicted octanol–water partition coefficient (Wildman–Crippen LogP) is 2.70. The van der Waals surface area contributed by atoms with Gasteiger partial charge in [0.05, 0.1) is 6.23 Å². The molecule has 0 heterocycles. The predicted molar refractivity (Wildman–Crippen MR) is 56.5 cm³/mol. The Kier molecular flexibility index (Phi) is 3.94. The number of hydrogen-bond donors (Lipinski definition) is 1. The first-order valence-corrected chi connectivity index (χ1v) is 7.55. The highest BCUT2D eigenvalue weighted by molar-refractivity contribution is 6.74. The van der Waals surface area contributed by atoms with E-state index in [1.54, 1.807) is 0 Å². The van der Waals surface area contributed by atoms with Gasteiger partial charge in [0.2, 0.25) is 0 Å². The molecule has 0 aromatic heterocycles. The maximum Gasteiger partial charge on any atom is 0.194 e. The van der Waals surface area contributed by atoms with Crippen LogP contribution in [0.4, 0.5) is 0 Å². The molecule has 0 rings (SSSR count). The zero-order valence-electron chi connectivity index (χ0n) is 9.27.